The summed E-state index contributed by atoms with van der Waals surface area (Å²) >= 11 is 0. The third kappa shape index (κ3) is 4.29. The number of benzene rings is 9. The molecule has 58 heavy (non-hydrogen) atoms. The van der Waals surface area contributed by atoms with Crippen LogP contribution in [0.5, 0.6) is 0 Å². The van der Waals surface area contributed by atoms with Gasteiger partial charge in [-0.25, -0.2) is 0 Å². The zero-order valence-electron chi connectivity index (χ0n) is 31.5. The highest BCUT2D eigenvalue weighted by atomic mass is 15.2. The van der Waals surface area contributed by atoms with Crippen LogP contribution in [0.25, 0.3) is 60.3 Å². The van der Waals surface area contributed by atoms with Gasteiger partial charge < -0.3 is 14.2 Å². The summed E-state index contributed by atoms with van der Waals surface area (Å²) in [5.74, 6) is 0. The van der Waals surface area contributed by atoms with Crippen molar-refractivity contribution in [1.82, 2.24) is 4.40 Å². The fourth-order valence-corrected chi connectivity index (χ4v) is 10.3. The molecule has 0 bridgehead atoms. The maximum Gasteiger partial charge on any atom is 0.252 e. The molecule has 4 heterocycles. The summed E-state index contributed by atoms with van der Waals surface area (Å²) in [5, 5.41) is 5.19. The van der Waals surface area contributed by atoms with Crippen LogP contribution in [0.2, 0.25) is 0 Å². The lowest BCUT2D eigenvalue weighted by molar-refractivity contribution is 1.25. The molecule has 0 saturated heterocycles. The molecule has 2 aliphatic heterocycles. The highest BCUT2D eigenvalue weighted by Gasteiger charge is 2.43. The summed E-state index contributed by atoms with van der Waals surface area (Å²) in [6.07, 6.45) is 0. The van der Waals surface area contributed by atoms with Crippen LogP contribution in [-0.4, -0.2) is 11.1 Å². The van der Waals surface area contributed by atoms with Crippen LogP contribution in [-0.2, 0) is 0 Å². The molecule has 0 unspecified atom stereocenters. The number of anilines is 6. The minimum Gasteiger partial charge on any atom is -0.311 e. The van der Waals surface area contributed by atoms with E-state index in [1.54, 1.807) is 0 Å². The Hall–Kier alpha value is -7.56. The molecule has 0 atom stereocenters. The van der Waals surface area contributed by atoms with E-state index < -0.39 is 0 Å². The third-order valence-electron chi connectivity index (χ3n) is 12.7. The molecule has 0 N–H and O–H groups in total. The van der Waals surface area contributed by atoms with Crippen LogP contribution < -0.4 is 26.2 Å². The van der Waals surface area contributed by atoms with E-state index in [0.29, 0.717) is 0 Å². The lowest BCUT2D eigenvalue weighted by atomic mass is 9.33. The van der Waals surface area contributed by atoms with Gasteiger partial charge in [-0.15, -0.1) is 0 Å². The molecule has 0 fully saturated rings. The van der Waals surface area contributed by atoms with Gasteiger partial charge in [0.05, 0.1) is 16.6 Å². The van der Waals surface area contributed by atoms with Gasteiger partial charge >= 0.3 is 0 Å². The molecular formula is C54H34BN3. The van der Waals surface area contributed by atoms with Gasteiger partial charge in [0, 0.05) is 61.2 Å². The third-order valence-corrected chi connectivity index (χ3v) is 12.7. The Bertz CT molecular complexity index is 3320. The first kappa shape index (κ1) is 31.6. The van der Waals surface area contributed by atoms with E-state index in [9.17, 15) is 0 Å². The molecule has 0 radical (unpaired) electrons. The molecule has 3 nitrogen and oxygen atoms in total. The van der Waals surface area contributed by atoms with Crippen LogP contribution >= 0.6 is 0 Å². The molecule has 0 aliphatic carbocycles. The number of para-hydroxylation sites is 6. The largest absolute Gasteiger partial charge is 0.311 e. The summed E-state index contributed by atoms with van der Waals surface area (Å²) < 4.78 is 2.45. The van der Waals surface area contributed by atoms with Crippen molar-refractivity contribution in [3.8, 4) is 22.3 Å². The Morgan fingerprint density at radius 1 is 0.345 bits per heavy atom. The van der Waals surface area contributed by atoms with E-state index in [-0.39, 0.29) is 6.71 Å². The number of aromatic nitrogens is 1. The van der Waals surface area contributed by atoms with E-state index in [4.69, 9.17) is 0 Å². The molecule has 2 aliphatic rings. The second kappa shape index (κ2) is 12.0. The maximum absolute atomic E-state index is 2.51. The van der Waals surface area contributed by atoms with E-state index in [2.05, 4.69) is 220 Å². The molecule has 11 aromatic rings. The first-order valence-corrected chi connectivity index (χ1v) is 20.1. The number of rotatable bonds is 4. The summed E-state index contributed by atoms with van der Waals surface area (Å²) in [6, 6.07) is 76.1. The van der Waals surface area contributed by atoms with Crippen LogP contribution in [0.1, 0.15) is 0 Å². The summed E-state index contributed by atoms with van der Waals surface area (Å²) in [6.45, 7) is 0.0705. The fourth-order valence-electron chi connectivity index (χ4n) is 10.3. The Kier molecular flexibility index (Phi) is 6.53. The van der Waals surface area contributed by atoms with Crippen molar-refractivity contribution >= 4 is 95.3 Å². The Labute approximate surface area is 336 Å². The molecule has 0 saturated carbocycles. The SMILES string of the molecule is c1ccc(N2c3ccccc3B3c4cccc(-c5ccc(-c6cc7c8ccccc8n8c9ccccc9c(c6)c78)cc5)c4N(c4ccccc4)c4cccc2c43)cc1. The van der Waals surface area contributed by atoms with Crippen molar-refractivity contribution in [1.29, 1.82) is 0 Å². The van der Waals surface area contributed by atoms with Gasteiger partial charge in [-0.1, -0.05) is 140 Å². The van der Waals surface area contributed by atoms with Crippen LogP contribution in [0.4, 0.5) is 34.1 Å². The quantitative estimate of drug-likeness (QED) is 0.167. The average molecular weight is 736 g/mol. The second-order valence-electron chi connectivity index (χ2n) is 15.7. The van der Waals surface area contributed by atoms with Crippen molar-refractivity contribution in [3.05, 3.63) is 206 Å². The average Bonchev–Trinajstić information content (AvgIpc) is 3.81. The molecule has 13 rings (SSSR count). The minimum absolute atomic E-state index is 0.0705. The molecule has 0 amide bonds. The Balaban J connectivity index is 1.01. The van der Waals surface area contributed by atoms with Gasteiger partial charge in [-0.2, -0.15) is 0 Å². The first-order chi connectivity index (χ1) is 28.8. The predicted octanol–water partition coefficient (Wildman–Crippen LogP) is 12.3. The van der Waals surface area contributed by atoms with Gasteiger partial charge in [-0.3, -0.25) is 0 Å². The topological polar surface area (TPSA) is 10.9 Å². The van der Waals surface area contributed by atoms with Crippen molar-refractivity contribution < 1.29 is 0 Å². The van der Waals surface area contributed by atoms with Crippen molar-refractivity contribution in [2.24, 2.45) is 0 Å². The zero-order chi connectivity index (χ0) is 37.9. The maximum atomic E-state index is 2.51. The molecule has 268 valence electrons. The summed E-state index contributed by atoms with van der Waals surface area (Å²) in [5.41, 5.74) is 19.9. The predicted molar refractivity (Wildman–Crippen MR) is 246 cm³/mol. The first-order valence-electron chi connectivity index (χ1n) is 20.1. The standard InChI is InChI=1S/C54H34BN3/c1-3-15-38(16-4-1)56-49-26-12-9-22-45(49)55-46-23-13-21-40(54(46)57(39-17-5-2-6-18-39)51-28-14-27-50(56)52(51)55)36-31-29-35(30-32-36)37-33-43-41-19-7-10-24-47(41)58-48-25-11-8-20-42(48)44(34-37)53(43)58/h1-34H. The van der Waals surface area contributed by atoms with E-state index in [1.165, 1.54) is 99.5 Å². The molecule has 2 aromatic heterocycles. The summed E-state index contributed by atoms with van der Waals surface area (Å²) in [7, 11) is 0. The van der Waals surface area contributed by atoms with Crippen LogP contribution in [0, 0.1) is 0 Å². The molecule has 4 heteroatoms. The second-order valence-corrected chi connectivity index (χ2v) is 15.7. The van der Waals surface area contributed by atoms with Crippen molar-refractivity contribution in [3.63, 3.8) is 0 Å². The molecule has 9 aromatic carbocycles. The highest BCUT2D eigenvalue weighted by Crippen LogP contribution is 2.47. The van der Waals surface area contributed by atoms with E-state index >= 15 is 0 Å². The lowest BCUT2D eigenvalue weighted by Crippen LogP contribution is -2.61. The lowest BCUT2D eigenvalue weighted by Gasteiger charge is -2.44. The zero-order valence-corrected chi connectivity index (χ0v) is 31.5. The van der Waals surface area contributed by atoms with Gasteiger partial charge in [0.1, 0.15) is 0 Å². The van der Waals surface area contributed by atoms with Gasteiger partial charge in [-0.05, 0) is 99.8 Å². The fraction of sp³-hybridized carbons (Fsp3) is 0. The van der Waals surface area contributed by atoms with Crippen LogP contribution in [0.15, 0.2) is 206 Å². The van der Waals surface area contributed by atoms with Gasteiger partial charge in [0.15, 0.2) is 0 Å². The monoisotopic (exact) mass is 735 g/mol. The van der Waals surface area contributed by atoms with Crippen molar-refractivity contribution in [2.75, 3.05) is 9.80 Å². The highest BCUT2D eigenvalue weighted by molar-refractivity contribution is 7.00. The van der Waals surface area contributed by atoms with Gasteiger partial charge in [0.25, 0.3) is 6.71 Å². The van der Waals surface area contributed by atoms with Gasteiger partial charge in [0.2, 0.25) is 0 Å². The number of hydrogen-bond acceptors (Lipinski definition) is 2. The Morgan fingerprint density at radius 3 is 1.55 bits per heavy atom. The Morgan fingerprint density at radius 2 is 0.862 bits per heavy atom. The van der Waals surface area contributed by atoms with E-state index in [0.717, 1.165) is 11.4 Å². The number of hydrogen-bond donors (Lipinski definition) is 0. The smallest absolute Gasteiger partial charge is 0.252 e. The number of fused-ring (bicyclic) bond motifs is 10. The van der Waals surface area contributed by atoms with E-state index in [1.807, 2.05) is 0 Å². The molecular weight excluding hydrogens is 701 g/mol. The number of nitrogens with zero attached hydrogens (tertiary/aromatic N) is 3. The van der Waals surface area contributed by atoms with Crippen LogP contribution in [0.3, 0.4) is 0 Å². The molecule has 0 spiro atoms. The normalized spacial score (nSPS) is 13.1. The summed E-state index contributed by atoms with van der Waals surface area (Å²) in [4.78, 5) is 4.95. The minimum atomic E-state index is 0.0705. The van der Waals surface area contributed by atoms with Crippen molar-refractivity contribution in [2.45, 2.75) is 0 Å².